The van der Waals surface area contributed by atoms with Crippen LogP contribution in [-0.2, 0) is 6.54 Å². The maximum absolute atomic E-state index is 3.74. The molecule has 1 fully saturated rings. The van der Waals surface area contributed by atoms with Crippen molar-refractivity contribution >= 4 is 10.9 Å². The second kappa shape index (κ2) is 4.19. The van der Waals surface area contributed by atoms with Crippen molar-refractivity contribution in [3.8, 4) is 0 Å². The number of hydrogen-bond donors (Lipinski definition) is 2. The van der Waals surface area contributed by atoms with Crippen molar-refractivity contribution in [1.82, 2.24) is 10.3 Å². The summed E-state index contributed by atoms with van der Waals surface area (Å²) in [5.41, 5.74) is 3.00. The number of nitrogens with one attached hydrogen (secondary N) is 2. The molecule has 2 N–H and O–H groups in total. The van der Waals surface area contributed by atoms with E-state index in [1.165, 1.54) is 42.1 Å². The van der Waals surface area contributed by atoms with Gasteiger partial charge in [0, 0.05) is 29.2 Å². The fraction of sp³-hybridized carbons (Fsp3) is 0.467. The molecule has 0 aliphatic heterocycles. The summed E-state index contributed by atoms with van der Waals surface area (Å²) in [6, 6.07) is 8.66. The van der Waals surface area contributed by atoms with Gasteiger partial charge in [-0.05, 0) is 37.5 Å². The summed E-state index contributed by atoms with van der Waals surface area (Å²) in [7, 11) is 0. The Morgan fingerprint density at radius 3 is 2.88 bits per heavy atom. The second-order valence-electron chi connectivity index (χ2n) is 5.48. The molecule has 2 nitrogen and oxygen atoms in total. The van der Waals surface area contributed by atoms with Gasteiger partial charge in [0.25, 0.3) is 0 Å². The van der Waals surface area contributed by atoms with Gasteiger partial charge >= 0.3 is 0 Å². The molecule has 2 aromatic rings. The summed E-state index contributed by atoms with van der Waals surface area (Å²) in [5.74, 6) is 0. The first kappa shape index (κ1) is 10.8. The van der Waals surface area contributed by atoms with Gasteiger partial charge in [-0.3, -0.25) is 0 Å². The predicted molar refractivity (Wildman–Crippen MR) is 72.0 cm³/mol. The molecule has 90 valence electrons. The highest BCUT2D eigenvalue weighted by Gasteiger charge is 2.27. The van der Waals surface area contributed by atoms with Crippen molar-refractivity contribution in [2.24, 2.45) is 0 Å². The van der Waals surface area contributed by atoms with Crippen LogP contribution < -0.4 is 5.32 Å². The molecule has 3 rings (SSSR count). The first-order chi connectivity index (χ1) is 8.27. The number of H-pyrrole nitrogens is 1. The highest BCUT2D eigenvalue weighted by Crippen LogP contribution is 2.29. The molecule has 1 aliphatic rings. The Kier molecular flexibility index (Phi) is 2.67. The molecule has 1 heterocycles. The second-order valence-corrected chi connectivity index (χ2v) is 5.48. The molecular weight excluding hydrogens is 208 g/mol. The third kappa shape index (κ3) is 2.09. The Labute approximate surface area is 102 Å². The minimum absolute atomic E-state index is 0.360. The van der Waals surface area contributed by atoms with E-state index in [4.69, 9.17) is 0 Å². The summed E-state index contributed by atoms with van der Waals surface area (Å²) in [4.78, 5) is 3.27. The Balaban J connectivity index is 1.78. The van der Waals surface area contributed by atoms with Crippen LogP contribution in [0.1, 0.15) is 38.2 Å². The topological polar surface area (TPSA) is 27.8 Å². The Morgan fingerprint density at radius 2 is 2.06 bits per heavy atom. The zero-order chi connectivity index (χ0) is 11.7. The van der Waals surface area contributed by atoms with Crippen LogP contribution in [0.2, 0.25) is 0 Å². The standard InChI is InChI=1S/C15H20N2/c1-15(8-2-3-9-15)17-11-12-5-4-6-14-13(12)7-10-16-14/h4-7,10,16-17H,2-3,8-9,11H2,1H3. The highest BCUT2D eigenvalue weighted by atomic mass is 15.0. The minimum atomic E-state index is 0.360. The number of aromatic amines is 1. The van der Waals surface area contributed by atoms with Gasteiger partial charge in [-0.25, -0.2) is 0 Å². The fourth-order valence-electron chi connectivity index (χ4n) is 2.95. The lowest BCUT2D eigenvalue weighted by Crippen LogP contribution is -2.38. The van der Waals surface area contributed by atoms with Crippen LogP contribution in [0.4, 0.5) is 0 Å². The monoisotopic (exact) mass is 228 g/mol. The SMILES string of the molecule is CC1(NCc2cccc3[nH]ccc23)CCCC1. The molecule has 0 bridgehead atoms. The van der Waals surface area contributed by atoms with Crippen LogP contribution in [0.25, 0.3) is 10.9 Å². The van der Waals surface area contributed by atoms with Gasteiger partial charge in [-0.2, -0.15) is 0 Å². The van der Waals surface area contributed by atoms with Crippen molar-refractivity contribution in [3.05, 3.63) is 36.0 Å². The summed E-state index contributed by atoms with van der Waals surface area (Å²) in [6.07, 6.45) is 7.40. The summed E-state index contributed by atoms with van der Waals surface area (Å²) < 4.78 is 0. The van der Waals surface area contributed by atoms with E-state index in [1.54, 1.807) is 0 Å². The number of fused-ring (bicyclic) bond motifs is 1. The molecule has 0 saturated heterocycles. The van der Waals surface area contributed by atoms with E-state index < -0.39 is 0 Å². The van der Waals surface area contributed by atoms with E-state index in [0.717, 1.165) is 6.54 Å². The normalized spacial score (nSPS) is 18.9. The molecule has 17 heavy (non-hydrogen) atoms. The Morgan fingerprint density at radius 1 is 1.24 bits per heavy atom. The average Bonchev–Trinajstić information content (AvgIpc) is 2.95. The summed E-state index contributed by atoms with van der Waals surface area (Å²) >= 11 is 0. The van der Waals surface area contributed by atoms with Crippen LogP contribution in [-0.4, -0.2) is 10.5 Å². The van der Waals surface area contributed by atoms with Crippen molar-refractivity contribution in [1.29, 1.82) is 0 Å². The zero-order valence-corrected chi connectivity index (χ0v) is 10.4. The lowest BCUT2D eigenvalue weighted by atomic mass is 10.00. The molecule has 1 aromatic heterocycles. The molecule has 0 amide bonds. The highest BCUT2D eigenvalue weighted by molar-refractivity contribution is 5.82. The Bertz CT molecular complexity index is 506. The van der Waals surface area contributed by atoms with Gasteiger partial charge in [-0.15, -0.1) is 0 Å². The van der Waals surface area contributed by atoms with E-state index >= 15 is 0 Å². The van der Waals surface area contributed by atoms with E-state index in [-0.39, 0.29) is 0 Å². The summed E-state index contributed by atoms with van der Waals surface area (Å²) in [5, 5.41) is 5.09. The van der Waals surface area contributed by atoms with Crippen molar-refractivity contribution < 1.29 is 0 Å². The smallest absolute Gasteiger partial charge is 0.0457 e. The third-order valence-electron chi connectivity index (χ3n) is 4.10. The number of aromatic nitrogens is 1. The maximum Gasteiger partial charge on any atom is 0.0457 e. The molecule has 0 spiro atoms. The molecule has 1 aliphatic carbocycles. The zero-order valence-electron chi connectivity index (χ0n) is 10.4. The van der Waals surface area contributed by atoms with Crippen LogP contribution in [0.15, 0.2) is 30.5 Å². The van der Waals surface area contributed by atoms with Crippen molar-refractivity contribution in [3.63, 3.8) is 0 Å². The fourth-order valence-corrected chi connectivity index (χ4v) is 2.95. The van der Waals surface area contributed by atoms with E-state index in [2.05, 4.69) is 41.5 Å². The third-order valence-corrected chi connectivity index (χ3v) is 4.10. The van der Waals surface area contributed by atoms with Gasteiger partial charge in [0.1, 0.15) is 0 Å². The first-order valence-corrected chi connectivity index (χ1v) is 6.57. The van der Waals surface area contributed by atoms with Gasteiger partial charge in [0.15, 0.2) is 0 Å². The largest absolute Gasteiger partial charge is 0.361 e. The van der Waals surface area contributed by atoms with Gasteiger partial charge < -0.3 is 10.3 Å². The first-order valence-electron chi connectivity index (χ1n) is 6.57. The quantitative estimate of drug-likeness (QED) is 0.825. The van der Waals surface area contributed by atoms with Gasteiger partial charge in [0.2, 0.25) is 0 Å². The molecule has 2 heteroatoms. The van der Waals surface area contributed by atoms with Crippen LogP contribution in [0.5, 0.6) is 0 Å². The number of hydrogen-bond acceptors (Lipinski definition) is 1. The molecule has 1 aromatic carbocycles. The van der Waals surface area contributed by atoms with Crippen LogP contribution in [0.3, 0.4) is 0 Å². The molecule has 0 radical (unpaired) electrons. The number of rotatable bonds is 3. The molecule has 1 saturated carbocycles. The van der Waals surface area contributed by atoms with Crippen molar-refractivity contribution in [2.75, 3.05) is 0 Å². The van der Waals surface area contributed by atoms with Crippen LogP contribution >= 0.6 is 0 Å². The van der Waals surface area contributed by atoms with E-state index in [1.807, 2.05) is 6.20 Å². The van der Waals surface area contributed by atoms with E-state index in [9.17, 15) is 0 Å². The van der Waals surface area contributed by atoms with Gasteiger partial charge in [0.05, 0.1) is 0 Å². The van der Waals surface area contributed by atoms with Crippen LogP contribution in [0, 0.1) is 0 Å². The lowest BCUT2D eigenvalue weighted by Gasteiger charge is -2.25. The summed E-state index contributed by atoms with van der Waals surface area (Å²) in [6.45, 7) is 3.34. The van der Waals surface area contributed by atoms with Gasteiger partial charge in [-0.1, -0.05) is 25.0 Å². The molecule has 0 unspecified atom stereocenters. The molecule has 0 atom stereocenters. The lowest BCUT2D eigenvalue weighted by molar-refractivity contribution is 0.363. The maximum atomic E-state index is 3.74. The van der Waals surface area contributed by atoms with Crippen molar-refractivity contribution in [2.45, 2.75) is 44.7 Å². The molecular formula is C15H20N2. The predicted octanol–water partition coefficient (Wildman–Crippen LogP) is 3.59. The average molecular weight is 228 g/mol. The van der Waals surface area contributed by atoms with E-state index in [0.29, 0.717) is 5.54 Å². The minimum Gasteiger partial charge on any atom is -0.361 e. The Hall–Kier alpha value is -1.28. The number of benzene rings is 1.